The predicted molar refractivity (Wildman–Crippen MR) is 103 cm³/mol. The average Bonchev–Trinajstić information content (AvgIpc) is 2.99. The fraction of sp³-hybridized carbons (Fsp3) is 0.286. The number of benzene rings is 2. The van der Waals surface area contributed by atoms with Crippen molar-refractivity contribution in [1.82, 2.24) is 0 Å². The lowest BCUT2D eigenvalue weighted by molar-refractivity contribution is 0.0735. The van der Waals surface area contributed by atoms with Crippen molar-refractivity contribution in [1.29, 1.82) is 0 Å². The number of carbonyl (C=O) groups excluding carboxylic acids is 1. The minimum atomic E-state index is -3.11. The first-order valence-electron chi connectivity index (χ1n) is 8.92. The van der Waals surface area contributed by atoms with Crippen LogP contribution in [0.3, 0.4) is 0 Å². The van der Waals surface area contributed by atoms with E-state index < -0.39 is 15.8 Å². The summed E-state index contributed by atoms with van der Waals surface area (Å²) in [6, 6.07) is 11.9. The summed E-state index contributed by atoms with van der Waals surface area (Å²) in [6.45, 7) is 0. The quantitative estimate of drug-likeness (QED) is 0.501. The van der Waals surface area contributed by atoms with Gasteiger partial charge >= 0.3 is 5.97 Å². The highest BCUT2D eigenvalue weighted by atomic mass is 32.2. The molecule has 27 heavy (non-hydrogen) atoms. The van der Waals surface area contributed by atoms with E-state index in [1.54, 1.807) is 30.3 Å². The summed E-state index contributed by atoms with van der Waals surface area (Å²) in [7, 11) is -3.11. The SMILES string of the molecule is CS(=O)(=O)Cc1ccc(C(=O)Oc2ccc3oc4c(c3c2)CCCC4)cc1. The zero-order valence-corrected chi connectivity index (χ0v) is 15.8. The highest BCUT2D eigenvalue weighted by Crippen LogP contribution is 2.34. The molecular weight excluding hydrogens is 364 g/mol. The van der Waals surface area contributed by atoms with Crippen LogP contribution in [0.15, 0.2) is 46.9 Å². The number of ether oxygens (including phenoxy) is 1. The van der Waals surface area contributed by atoms with E-state index in [1.165, 1.54) is 11.8 Å². The van der Waals surface area contributed by atoms with Crippen LogP contribution in [-0.4, -0.2) is 20.6 Å². The molecular formula is C21H20O5S. The Morgan fingerprint density at radius 2 is 1.81 bits per heavy atom. The molecule has 0 saturated heterocycles. The number of furan rings is 1. The standard InChI is InChI=1S/C21H20O5S/c1-27(23,24)13-14-6-8-15(9-7-14)21(22)25-16-10-11-20-18(12-16)17-4-2-3-5-19(17)26-20/h6-12H,2-5,13H2,1H3. The largest absolute Gasteiger partial charge is 0.461 e. The zero-order chi connectivity index (χ0) is 19.0. The van der Waals surface area contributed by atoms with Crippen molar-refractivity contribution in [2.45, 2.75) is 31.4 Å². The van der Waals surface area contributed by atoms with Gasteiger partial charge in [-0.25, -0.2) is 13.2 Å². The predicted octanol–water partition coefficient (Wildman–Crippen LogP) is 4.08. The van der Waals surface area contributed by atoms with E-state index in [0.717, 1.165) is 42.4 Å². The Hall–Kier alpha value is -2.60. The number of hydrogen-bond donors (Lipinski definition) is 0. The van der Waals surface area contributed by atoms with E-state index in [2.05, 4.69) is 0 Å². The van der Waals surface area contributed by atoms with E-state index in [0.29, 0.717) is 16.9 Å². The van der Waals surface area contributed by atoms with E-state index in [1.807, 2.05) is 12.1 Å². The van der Waals surface area contributed by atoms with Crippen molar-refractivity contribution < 1.29 is 22.4 Å². The first-order valence-corrected chi connectivity index (χ1v) is 11.0. The van der Waals surface area contributed by atoms with Crippen molar-refractivity contribution in [2.24, 2.45) is 0 Å². The second-order valence-corrected chi connectivity index (χ2v) is 9.17. The molecule has 0 fully saturated rings. The Bertz CT molecular complexity index is 1110. The molecule has 0 aliphatic heterocycles. The van der Waals surface area contributed by atoms with Gasteiger partial charge < -0.3 is 9.15 Å². The van der Waals surface area contributed by atoms with Gasteiger partial charge in [-0.2, -0.15) is 0 Å². The van der Waals surface area contributed by atoms with Gasteiger partial charge in [0.15, 0.2) is 9.84 Å². The summed E-state index contributed by atoms with van der Waals surface area (Å²) in [4.78, 5) is 12.4. The van der Waals surface area contributed by atoms with Crippen molar-refractivity contribution in [3.63, 3.8) is 0 Å². The Kier molecular flexibility index (Phi) is 4.52. The zero-order valence-electron chi connectivity index (χ0n) is 15.0. The summed E-state index contributed by atoms with van der Waals surface area (Å²) in [5.41, 5.74) is 3.06. The lowest BCUT2D eigenvalue weighted by atomic mass is 9.96. The summed E-state index contributed by atoms with van der Waals surface area (Å²) < 4.78 is 34.1. The summed E-state index contributed by atoms with van der Waals surface area (Å²) in [5, 5.41) is 1.01. The third-order valence-electron chi connectivity index (χ3n) is 4.76. The van der Waals surface area contributed by atoms with Crippen LogP contribution in [0.4, 0.5) is 0 Å². The lowest BCUT2D eigenvalue weighted by Crippen LogP contribution is -2.09. The van der Waals surface area contributed by atoms with Crippen molar-refractivity contribution in [2.75, 3.05) is 6.26 Å². The normalized spacial score (nSPS) is 14.1. The number of rotatable bonds is 4. The third kappa shape index (κ3) is 3.90. The number of esters is 1. The molecule has 0 amide bonds. The molecule has 1 aliphatic rings. The Morgan fingerprint density at radius 3 is 2.56 bits per heavy atom. The molecule has 4 rings (SSSR count). The molecule has 1 heterocycles. The molecule has 6 heteroatoms. The number of aryl methyl sites for hydroxylation is 2. The van der Waals surface area contributed by atoms with E-state index >= 15 is 0 Å². The van der Waals surface area contributed by atoms with Crippen LogP contribution < -0.4 is 4.74 Å². The van der Waals surface area contributed by atoms with Crippen LogP contribution >= 0.6 is 0 Å². The van der Waals surface area contributed by atoms with Gasteiger partial charge in [0.1, 0.15) is 17.1 Å². The van der Waals surface area contributed by atoms with Gasteiger partial charge in [-0.3, -0.25) is 0 Å². The van der Waals surface area contributed by atoms with Gasteiger partial charge in [-0.05, 0) is 55.2 Å². The van der Waals surface area contributed by atoms with Gasteiger partial charge in [0, 0.05) is 23.6 Å². The van der Waals surface area contributed by atoms with Crippen LogP contribution in [0.2, 0.25) is 0 Å². The van der Waals surface area contributed by atoms with Crippen LogP contribution in [0.5, 0.6) is 5.75 Å². The van der Waals surface area contributed by atoms with Gasteiger partial charge in [-0.15, -0.1) is 0 Å². The van der Waals surface area contributed by atoms with Crippen LogP contribution in [0.1, 0.15) is 40.1 Å². The van der Waals surface area contributed by atoms with Crippen molar-refractivity contribution in [3.05, 3.63) is 64.9 Å². The molecule has 5 nitrogen and oxygen atoms in total. The molecule has 0 spiro atoms. The molecule has 0 N–H and O–H groups in total. The molecule has 0 bridgehead atoms. The topological polar surface area (TPSA) is 73.6 Å². The van der Waals surface area contributed by atoms with Crippen molar-refractivity contribution >= 4 is 26.8 Å². The summed E-state index contributed by atoms with van der Waals surface area (Å²) in [5.74, 6) is 0.991. The molecule has 0 unspecified atom stereocenters. The highest BCUT2D eigenvalue weighted by Gasteiger charge is 2.19. The van der Waals surface area contributed by atoms with Gasteiger partial charge in [-0.1, -0.05) is 12.1 Å². The molecule has 0 saturated carbocycles. The van der Waals surface area contributed by atoms with Crippen LogP contribution in [0.25, 0.3) is 11.0 Å². The lowest BCUT2D eigenvalue weighted by Gasteiger charge is -2.09. The van der Waals surface area contributed by atoms with Gasteiger partial charge in [0.25, 0.3) is 0 Å². The first-order chi connectivity index (χ1) is 12.9. The maximum atomic E-state index is 12.4. The molecule has 0 radical (unpaired) electrons. The molecule has 3 aromatic rings. The maximum Gasteiger partial charge on any atom is 0.343 e. The fourth-order valence-corrected chi connectivity index (χ4v) is 4.31. The monoisotopic (exact) mass is 384 g/mol. The number of hydrogen-bond acceptors (Lipinski definition) is 5. The van der Waals surface area contributed by atoms with Crippen molar-refractivity contribution in [3.8, 4) is 5.75 Å². The second-order valence-electron chi connectivity index (χ2n) is 7.03. The highest BCUT2D eigenvalue weighted by molar-refractivity contribution is 7.89. The molecule has 1 aromatic heterocycles. The Morgan fingerprint density at radius 1 is 1.07 bits per heavy atom. The minimum Gasteiger partial charge on any atom is -0.461 e. The Labute approximate surface area is 157 Å². The summed E-state index contributed by atoms with van der Waals surface area (Å²) >= 11 is 0. The number of sulfone groups is 1. The number of fused-ring (bicyclic) bond motifs is 3. The third-order valence-corrected chi connectivity index (χ3v) is 5.61. The van der Waals surface area contributed by atoms with Crippen LogP contribution in [-0.2, 0) is 28.4 Å². The smallest absolute Gasteiger partial charge is 0.343 e. The minimum absolute atomic E-state index is 0.0510. The fourth-order valence-electron chi connectivity index (χ4n) is 3.51. The van der Waals surface area contributed by atoms with Crippen LogP contribution in [0, 0.1) is 0 Å². The van der Waals surface area contributed by atoms with E-state index in [4.69, 9.17) is 9.15 Å². The van der Waals surface area contributed by atoms with E-state index in [9.17, 15) is 13.2 Å². The average molecular weight is 384 g/mol. The molecule has 1 aliphatic carbocycles. The maximum absolute atomic E-state index is 12.4. The number of carbonyl (C=O) groups is 1. The molecule has 0 atom stereocenters. The molecule has 2 aromatic carbocycles. The van der Waals surface area contributed by atoms with Gasteiger partial charge in [0.05, 0.1) is 11.3 Å². The molecule has 140 valence electrons. The first kappa shape index (κ1) is 17.8. The van der Waals surface area contributed by atoms with Gasteiger partial charge in [0.2, 0.25) is 0 Å². The second kappa shape index (κ2) is 6.85. The summed E-state index contributed by atoms with van der Waals surface area (Å²) in [6.07, 6.45) is 5.41. The Balaban J connectivity index is 1.54. The van der Waals surface area contributed by atoms with E-state index in [-0.39, 0.29) is 5.75 Å².